The van der Waals surface area contributed by atoms with Gasteiger partial charge in [-0.3, -0.25) is 9.78 Å². The molecule has 1 atom stereocenters. The van der Waals surface area contributed by atoms with E-state index in [1.807, 2.05) is 41.3 Å². The Balaban J connectivity index is 1.68. The Kier molecular flexibility index (Phi) is 6.44. The highest BCUT2D eigenvalue weighted by Crippen LogP contribution is 2.39. The van der Waals surface area contributed by atoms with Gasteiger partial charge in [0.2, 0.25) is 0 Å². The van der Waals surface area contributed by atoms with Gasteiger partial charge in [-0.05, 0) is 66.1 Å². The summed E-state index contributed by atoms with van der Waals surface area (Å²) in [5.74, 6) is 2.70. The molecule has 4 rings (SSSR count). The minimum atomic E-state index is -0.290. The van der Waals surface area contributed by atoms with E-state index in [1.165, 1.54) is 0 Å². The summed E-state index contributed by atoms with van der Waals surface area (Å²) >= 11 is 0. The van der Waals surface area contributed by atoms with Crippen LogP contribution in [-0.4, -0.2) is 50.3 Å². The smallest absolute Gasteiger partial charge is 0.254 e. The number of rotatable bonds is 7. The van der Waals surface area contributed by atoms with Gasteiger partial charge in [0.15, 0.2) is 11.5 Å². The minimum Gasteiger partial charge on any atom is -0.497 e. The summed E-state index contributed by atoms with van der Waals surface area (Å²) in [6, 6.07) is 14.5. The molecule has 1 aliphatic heterocycles. The molecule has 0 aliphatic carbocycles. The zero-order valence-corrected chi connectivity index (χ0v) is 18.4. The van der Waals surface area contributed by atoms with Crippen molar-refractivity contribution in [2.45, 2.75) is 12.5 Å². The van der Waals surface area contributed by atoms with Crippen LogP contribution in [0.2, 0.25) is 0 Å². The van der Waals surface area contributed by atoms with Crippen LogP contribution in [0.15, 0.2) is 60.9 Å². The largest absolute Gasteiger partial charge is 0.497 e. The number of nitrogens with zero attached hydrogens (tertiary/aromatic N) is 2. The Bertz CT molecular complexity index is 1070. The first kappa shape index (κ1) is 21.5. The summed E-state index contributed by atoms with van der Waals surface area (Å²) in [5.41, 5.74) is 2.70. The van der Waals surface area contributed by atoms with E-state index < -0.39 is 0 Å². The Morgan fingerprint density at radius 2 is 1.59 bits per heavy atom. The van der Waals surface area contributed by atoms with Crippen molar-refractivity contribution in [2.75, 3.05) is 34.5 Å². The predicted octanol–water partition coefficient (Wildman–Crippen LogP) is 3.93. The summed E-state index contributed by atoms with van der Waals surface area (Å²) in [6.07, 6.45) is 3.97. The molecule has 1 aliphatic rings. The third-order valence-electron chi connectivity index (χ3n) is 5.66. The van der Waals surface area contributed by atoms with Gasteiger partial charge in [0, 0.05) is 24.5 Å². The van der Waals surface area contributed by atoms with E-state index in [2.05, 4.69) is 4.98 Å². The molecule has 1 amide bonds. The first-order valence-corrected chi connectivity index (χ1v) is 10.4. The lowest BCUT2D eigenvalue weighted by Gasteiger charge is -2.37. The first-order chi connectivity index (χ1) is 15.6. The second-order valence-corrected chi connectivity index (χ2v) is 7.39. The van der Waals surface area contributed by atoms with Crippen LogP contribution in [0, 0.1) is 0 Å². The highest BCUT2D eigenvalue weighted by Gasteiger charge is 2.33. The number of ether oxygens (including phenoxy) is 4. The maximum absolute atomic E-state index is 13.4. The van der Waals surface area contributed by atoms with Gasteiger partial charge in [0.05, 0.1) is 27.4 Å². The van der Waals surface area contributed by atoms with E-state index in [0.717, 1.165) is 16.9 Å². The maximum Gasteiger partial charge on any atom is 0.254 e. The molecule has 0 saturated carbocycles. The van der Waals surface area contributed by atoms with E-state index in [1.54, 1.807) is 45.9 Å². The van der Waals surface area contributed by atoms with Crippen molar-refractivity contribution in [3.8, 4) is 23.0 Å². The van der Waals surface area contributed by atoms with Crippen LogP contribution in [0.3, 0.4) is 0 Å². The van der Waals surface area contributed by atoms with Crippen molar-refractivity contribution in [1.82, 2.24) is 9.88 Å². The third kappa shape index (κ3) is 4.32. The molecule has 3 aromatic rings. The molecule has 0 fully saturated rings. The van der Waals surface area contributed by atoms with Gasteiger partial charge in [-0.1, -0.05) is 0 Å². The summed E-state index contributed by atoms with van der Waals surface area (Å²) < 4.78 is 22.3. The topological polar surface area (TPSA) is 70.1 Å². The molecule has 0 saturated heterocycles. The molecule has 0 bridgehead atoms. The van der Waals surface area contributed by atoms with Crippen LogP contribution >= 0.6 is 0 Å². The Morgan fingerprint density at radius 3 is 2.25 bits per heavy atom. The Hall–Kier alpha value is -3.74. The Morgan fingerprint density at radius 1 is 0.938 bits per heavy atom. The van der Waals surface area contributed by atoms with Gasteiger partial charge in [-0.25, -0.2) is 0 Å². The van der Waals surface area contributed by atoms with Gasteiger partial charge < -0.3 is 23.8 Å². The summed E-state index contributed by atoms with van der Waals surface area (Å²) in [6.45, 7) is 0.867. The average Bonchev–Trinajstić information content (AvgIpc) is 2.86. The number of fused-ring (bicyclic) bond motifs is 1. The maximum atomic E-state index is 13.4. The lowest BCUT2D eigenvalue weighted by Crippen LogP contribution is -2.42. The number of carbonyl (C=O) groups excluding carboxylic acids is 1. The van der Waals surface area contributed by atoms with Crippen LogP contribution < -0.4 is 18.9 Å². The van der Waals surface area contributed by atoms with E-state index >= 15 is 0 Å². The van der Waals surface area contributed by atoms with Gasteiger partial charge in [0.1, 0.15) is 18.1 Å². The second kappa shape index (κ2) is 9.60. The SMILES string of the molecule is COc1ccc(OCC2c3cc(OC)c(OC)cc3CCN2C(=O)c2ccncc2)cc1. The van der Waals surface area contributed by atoms with E-state index in [0.29, 0.717) is 42.4 Å². The van der Waals surface area contributed by atoms with Crippen molar-refractivity contribution < 1.29 is 23.7 Å². The molecule has 1 aromatic heterocycles. The van der Waals surface area contributed by atoms with Crippen LogP contribution in [0.25, 0.3) is 0 Å². The molecule has 7 heteroatoms. The van der Waals surface area contributed by atoms with Crippen molar-refractivity contribution >= 4 is 5.91 Å². The molecule has 166 valence electrons. The van der Waals surface area contributed by atoms with Crippen molar-refractivity contribution in [1.29, 1.82) is 0 Å². The van der Waals surface area contributed by atoms with Crippen LogP contribution in [0.1, 0.15) is 27.5 Å². The number of benzene rings is 2. The number of hydrogen-bond donors (Lipinski definition) is 0. The molecule has 1 unspecified atom stereocenters. The third-order valence-corrected chi connectivity index (χ3v) is 5.66. The fraction of sp³-hybridized carbons (Fsp3) is 0.280. The molecule has 0 N–H and O–H groups in total. The van der Waals surface area contributed by atoms with Crippen LogP contribution in [0.4, 0.5) is 0 Å². The van der Waals surface area contributed by atoms with Gasteiger partial charge >= 0.3 is 0 Å². The van der Waals surface area contributed by atoms with Crippen LogP contribution in [0.5, 0.6) is 23.0 Å². The number of amides is 1. The fourth-order valence-electron chi connectivity index (χ4n) is 3.96. The molecule has 7 nitrogen and oxygen atoms in total. The zero-order valence-electron chi connectivity index (χ0n) is 18.4. The molecular weight excluding hydrogens is 408 g/mol. The number of aromatic nitrogens is 1. The van der Waals surface area contributed by atoms with E-state index in [-0.39, 0.29) is 11.9 Å². The fourth-order valence-corrected chi connectivity index (χ4v) is 3.96. The molecule has 0 radical (unpaired) electrons. The average molecular weight is 434 g/mol. The monoisotopic (exact) mass is 434 g/mol. The van der Waals surface area contributed by atoms with Crippen molar-refractivity contribution in [3.05, 3.63) is 77.6 Å². The second-order valence-electron chi connectivity index (χ2n) is 7.39. The number of carbonyl (C=O) groups is 1. The summed E-state index contributed by atoms with van der Waals surface area (Å²) in [7, 11) is 4.85. The lowest BCUT2D eigenvalue weighted by atomic mass is 9.91. The minimum absolute atomic E-state index is 0.0591. The molecule has 2 aromatic carbocycles. The summed E-state index contributed by atoms with van der Waals surface area (Å²) in [4.78, 5) is 19.2. The highest BCUT2D eigenvalue weighted by molar-refractivity contribution is 5.94. The zero-order chi connectivity index (χ0) is 22.5. The van der Waals surface area contributed by atoms with Gasteiger partial charge in [-0.2, -0.15) is 0 Å². The molecular formula is C25H26N2O5. The normalized spacial score (nSPS) is 15.0. The Labute approximate surface area is 187 Å². The van der Waals surface area contributed by atoms with Crippen molar-refractivity contribution in [3.63, 3.8) is 0 Å². The standard InChI is InChI=1S/C25H26N2O5/c1-29-19-4-6-20(7-5-19)32-16-22-21-15-24(31-3)23(30-2)14-18(21)10-13-27(22)25(28)17-8-11-26-12-9-17/h4-9,11-12,14-15,22H,10,13,16H2,1-3H3. The molecule has 0 spiro atoms. The van der Waals surface area contributed by atoms with Crippen molar-refractivity contribution in [2.24, 2.45) is 0 Å². The lowest BCUT2D eigenvalue weighted by molar-refractivity contribution is 0.0589. The first-order valence-electron chi connectivity index (χ1n) is 10.4. The number of hydrogen-bond acceptors (Lipinski definition) is 6. The predicted molar refractivity (Wildman–Crippen MR) is 120 cm³/mol. The number of methoxy groups -OCH3 is 3. The van der Waals surface area contributed by atoms with E-state index in [4.69, 9.17) is 18.9 Å². The molecule has 32 heavy (non-hydrogen) atoms. The molecule has 2 heterocycles. The van der Waals surface area contributed by atoms with Gasteiger partial charge in [-0.15, -0.1) is 0 Å². The highest BCUT2D eigenvalue weighted by atomic mass is 16.5. The van der Waals surface area contributed by atoms with Crippen LogP contribution in [-0.2, 0) is 6.42 Å². The number of pyridine rings is 1. The summed E-state index contributed by atoms with van der Waals surface area (Å²) in [5, 5.41) is 0. The van der Waals surface area contributed by atoms with E-state index in [9.17, 15) is 4.79 Å². The quantitative estimate of drug-likeness (QED) is 0.561. The van der Waals surface area contributed by atoms with Gasteiger partial charge in [0.25, 0.3) is 5.91 Å².